The first kappa shape index (κ1) is 9.39. The molecule has 0 aliphatic carbocycles. The Morgan fingerprint density at radius 1 is 1.38 bits per heavy atom. The zero-order valence-electron chi connectivity index (χ0n) is 6.34. The molecular weight excluding hydrogens is 318 g/mol. The molecule has 1 aromatic heterocycles. The highest BCUT2D eigenvalue weighted by molar-refractivity contribution is 9.11. The molecule has 3 N–H and O–H groups in total. The average molecular weight is 323 g/mol. The van der Waals surface area contributed by atoms with Gasteiger partial charge < -0.3 is 0 Å². The summed E-state index contributed by atoms with van der Waals surface area (Å²) in [7, 11) is 0. The van der Waals surface area contributed by atoms with Crippen molar-refractivity contribution in [3.05, 3.63) is 21.1 Å². The topological polar surface area (TPSA) is 50.9 Å². The second-order valence-electron chi connectivity index (χ2n) is 2.40. The quantitative estimate of drug-likeness (QED) is 0.626. The Morgan fingerprint density at radius 2 is 2.15 bits per heavy atom. The number of hydrazine groups is 1. The van der Waals surface area contributed by atoms with Crippen LogP contribution in [0.4, 0.5) is 5.13 Å². The number of benzene rings is 1. The van der Waals surface area contributed by atoms with E-state index in [2.05, 4.69) is 42.3 Å². The molecule has 2 rings (SSSR count). The molecule has 68 valence electrons. The van der Waals surface area contributed by atoms with Gasteiger partial charge in [0.15, 0.2) is 5.13 Å². The van der Waals surface area contributed by atoms with Crippen LogP contribution in [-0.4, -0.2) is 4.98 Å². The third kappa shape index (κ3) is 1.71. The Morgan fingerprint density at radius 3 is 2.85 bits per heavy atom. The first-order valence-corrected chi connectivity index (χ1v) is 5.83. The van der Waals surface area contributed by atoms with Crippen LogP contribution in [0.1, 0.15) is 0 Å². The number of nitrogens with one attached hydrogen (secondary N) is 1. The van der Waals surface area contributed by atoms with Crippen molar-refractivity contribution in [2.75, 3.05) is 5.43 Å². The van der Waals surface area contributed by atoms with E-state index in [1.54, 1.807) is 0 Å². The number of nitrogen functional groups attached to an aromatic ring is 1. The number of nitrogens with two attached hydrogens (primary N) is 1. The molecule has 2 aromatic rings. The van der Waals surface area contributed by atoms with Crippen molar-refractivity contribution >= 4 is 58.5 Å². The molecule has 1 heterocycles. The van der Waals surface area contributed by atoms with Crippen LogP contribution in [0.3, 0.4) is 0 Å². The van der Waals surface area contributed by atoms with Crippen LogP contribution in [0.15, 0.2) is 21.1 Å². The normalized spacial score (nSPS) is 10.7. The molecule has 0 unspecified atom stereocenters. The van der Waals surface area contributed by atoms with Gasteiger partial charge in [-0.05, 0) is 28.1 Å². The summed E-state index contributed by atoms with van der Waals surface area (Å²) >= 11 is 8.37. The van der Waals surface area contributed by atoms with Crippen molar-refractivity contribution in [3.8, 4) is 0 Å². The summed E-state index contributed by atoms with van der Waals surface area (Å²) in [4.78, 5) is 4.29. The Kier molecular flexibility index (Phi) is 2.55. The van der Waals surface area contributed by atoms with Gasteiger partial charge in [-0.1, -0.05) is 27.3 Å². The second kappa shape index (κ2) is 3.53. The predicted octanol–water partition coefficient (Wildman–Crippen LogP) is 3.11. The number of hydrogen-bond donors (Lipinski definition) is 2. The number of fused-ring (bicyclic) bond motifs is 1. The van der Waals surface area contributed by atoms with Crippen LogP contribution in [-0.2, 0) is 0 Å². The van der Waals surface area contributed by atoms with E-state index >= 15 is 0 Å². The minimum absolute atomic E-state index is 0.716. The van der Waals surface area contributed by atoms with Crippen LogP contribution >= 0.6 is 43.2 Å². The zero-order valence-corrected chi connectivity index (χ0v) is 10.3. The van der Waals surface area contributed by atoms with Gasteiger partial charge in [0, 0.05) is 8.95 Å². The van der Waals surface area contributed by atoms with E-state index in [0.717, 1.165) is 19.2 Å². The summed E-state index contributed by atoms with van der Waals surface area (Å²) in [6.45, 7) is 0. The van der Waals surface area contributed by atoms with Gasteiger partial charge in [-0.25, -0.2) is 10.8 Å². The molecule has 0 atom stereocenters. The number of aromatic nitrogens is 1. The predicted molar refractivity (Wildman–Crippen MR) is 62.8 cm³/mol. The van der Waals surface area contributed by atoms with Crippen molar-refractivity contribution in [2.45, 2.75) is 0 Å². The van der Waals surface area contributed by atoms with Crippen molar-refractivity contribution in [3.63, 3.8) is 0 Å². The number of rotatable bonds is 1. The molecule has 0 saturated carbocycles. The van der Waals surface area contributed by atoms with E-state index in [4.69, 9.17) is 5.84 Å². The maximum Gasteiger partial charge on any atom is 0.198 e. The van der Waals surface area contributed by atoms with Crippen molar-refractivity contribution < 1.29 is 0 Å². The van der Waals surface area contributed by atoms with E-state index in [1.165, 1.54) is 11.3 Å². The fourth-order valence-corrected chi connectivity index (χ4v) is 3.46. The Hall–Kier alpha value is -0.170. The van der Waals surface area contributed by atoms with Gasteiger partial charge in [0.1, 0.15) is 0 Å². The van der Waals surface area contributed by atoms with Crippen LogP contribution < -0.4 is 11.3 Å². The van der Waals surface area contributed by atoms with Crippen LogP contribution in [0.25, 0.3) is 10.2 Å². The molecular formula is C7H5Br2N3S. The molecule has 13 heavy (non-hydrogen) atoms. The van der Waals surface area contributed by atoms with E-state index in [0.29, 0.717) is 5.13 Å². The number of nitrogens with zero attached hydrogens (tertiary/aromatic N) is 1. The van der Waals surface area contributed by atoms with Crippen molar-refractivity contribution in [1.29, 1.82) is 0 Å². The first-order chi connectivity index (χ1) is 6.20. The summed E-state index contributed by atoms with van der Waals surface area (Å²) in [6.07, 6.45) is 0. The molecule has 6 heteroatoms. The Bertz CT molecular complexity index is 454. The molecule has 0 amide bonds. The van der Waals surface area contributed by atoms with Crippen molar-refractivity contribution in [1.82, 2.24) is 4.98 Å². The molecule has 0 saturated heterocycles. The lowest BCUT2D eigenvalue weighted by molar-refractivity contribution is 1.31. The third-order valence-electron chi connectivity index (χ3n) is 1.54. The minimum Gasteiger partial charge on any atom is -0.300 e. The molecule has 3 nitrogen and oxygen atoms in total. The van der Waals surface area contributed by atoms with Gasteiger partial charge >= 0.3 is 0 Å². The standard InChI is InChI=1S/C7H5Br2N3S/c8-3-1-4(9)6-5(2-3)13-7(11-6)12-10/h1-2H,10H2,(H,11,12). The average Bonchev–Trinajstić information content (AvgIpc) is 2.47. The molecule has 1 aromatic carbocycles. The van der Waals surface area contributed by atoms with Gasteiger partial charge in [0.05, 0.1) is 10.2 Å². The summed E-state index contributed by atoms with van der Waals surface area (Å²) in [6, 6.07) is 3.97. The summed E-state index contributed by atoms with van der Waals surface area (Å²) in [5.41, 5.74) is 3.47. The summed E-state index contributed by atoms with van der Waals surface area (Å²) in [5.74, 6) is 5.27. The lowest BCUT2D eigenvalue weighted by Crippen LogP contribution is -2.05. The van der Waals surface area contributed by atoms with E-state index in [1.807, 2.05) is 12.1 Å². The van der Waals surface area contributed by atoms with E-state index < -0.39 is 0 Å². The maximum absolute atomic E-state index is 5.27. The molecule has 0 spiro atoms. The van der Waals surface area contributed by atoms with Gasteiger partial charge in [0.25, 0.3) is 0 Å². The van der Waals surface area contributed by atoms with Crippen LogP contribution in [0.5, 0.6) is 0 Å². The molecule has 0 bridgehead atoms. The highest BCUT2D eigenvalue weighted by Crippen LogP contribution is 2.33. The molecule has 0 aliphatic heterocycles. The molecule has 0 aliphatic rings. The fourth-order valence-electron chi connectivity index (χ4n) is 1.02. The first-order valence-electron chi connectivity index (χ1n) is 3.43. The minimum atomic E-state index is 0.716. The second-order valence-corrected chi connectivity index (χ2v) is 5.20. The van der Waals surface area contributed by atoms with Crippen LogP contribution in [0.2, 0.25) is 0 Å². The SMILES string of the molecule is NNc1nc2c(Br)cc(Br)cc2s1. The highest BCUT2D eigenvalue weighted by atomic mass is 79.9. The lowest BCUT2D eigenvalue weighted by Gasteiger charge is -1.92. The number of hydrogen-bond acceptors (Lipinski definition) is 4. The fraction of sp³-hybridized carbons (Fsp3) is 0. The zero-order chi connectivity index (χ0) is 9.42. The Balaban J connectivity index is 2.75. The van der Waals surface area contributed by atoms with Gasteiger partial charge in [-0.15, -0.1) is 0 Å². The highest BCUT2D eigenvalue weighted by Gasteiger charge is 2.06. The number of thiazole rings is 1. The molecule has 0 radical (unpaired) electrons. The number of anilines is 1. The van der Waals surface area contributed by atoms with Gasteiger partial charge in [0.2, 0.25) is 0 Å². The maximum atomic E-state index is 5.27. The van der Waals surface area contributed by atoms with Gasteiger partial charge in [-0.3, -0.25) is 5.43 Å². The largest absolute Gasteiger partial charge is 0.300 e. The molecule has 0 fully saturated rings. The van der Waals surface area contributed by atoms with E-state index in [-0.39, 0.29) is 0 Å². The van der Waals surface area contributed by atoms with Crippen molar-refractivity contribution in [2.24, 2.45) is 5.84 Å². The third-order valence-corrected chi connectivity index (χ3v) is 3.53. The lowest BCUT2D eigenvalue weighted by atomic mass is 10.3. The monoisotopic (exact) mass is 321 g/mol. The smallest absolute Gasteiger partial charge is 0.198 e. The summed E-state index contributed by atoms with van der Waals surface area (Å²) < 4.78 is 3.09. The number of halogens is 2. The van der Waals surface area contributed by atoms with Gasteiger partial charge in [-0.2, -0.15) is 0 Å². The Labute approximate surface area is 95.6 Å². The summed E-state index contributed by atoms with van der Waals surface area (Å²) in [5, 5.41) is 0.716. The van der Waals surface area contributed by atoms with Crippen LogP contribution in [0, 0.1) is 0 Å². The van der Waals surface area contributed by atoms with E-state index in [9.17, 15) is 0 Å².